The van der Waals surface area contributed by atoms with Crippen molar-refractivity contribution >= 4 is 16.9 Å². The van der Waals surface area contributed by atoms with Crippen molar-refractivity contribution in [3.05, 3.63) is 63.8 Å². The molecule has 146 valence electrons. The third kappa shape index (κ3) is 3.93. The molecular weight excluding hydrogens is 356 g/mol. The molecule has 0 fully saturated rings. The lowest BCUT2D eigenvalue weighted by Crippen LogP contribution is -2.17. The van der Waals surface area contributed by atoms with Gasteiger partial charge in [0.05, 0.1) is 12.5 Å². The molecule has 2 aromatic carbocycles. The van der Waals surface area contributed by atoms with Gasteiger partial charge in [0, 0.05) is 5.56 Å². The molecule has 0 aliphatic carbocycles. The Morgan fingerprint density at radius 1 is 1.07 bits per heavy atom. The maximum absolute atomic E-state index is 13.0. The lowest BCUT2D eigenvalue weighted by molar-refractivity contribution is -0.142. The molecule has 0 aliphatic rings. The van der Waals surface area contributed by atoms with Crippen molar-refractivity contribution < 1.29 is 18.7 Å². The zero-order valence-electron chi connectivity index (χ0n) is 16.8. The second kappa shape index (κ2) is 7.50. The summed E-state index contributed by atoms with van der Waals surface area (Å²) in [6.07, 6.45) is 0. The van der Waals surface area contributed by atoms with Crippen LogP contribution in [0.5, 0.6) is 5.75 Å². The molecule has 0 unspecified atom stereocenters. The standard InChI is InChI=1S/C23H24O5/c1-14-6-11-17-18(12-14)28-21(22(20(17)25)27-13-19(24)26-5)15-7-9-16(10-8-15)23(2,3)4/h6-12H,13H2,1-5H3. The van der Waals surface area contributed by atoms with E-state index in [4.69, 9.17) is 9.15 Å². The summed E-state index contributed by atoms with van der Waals surface area (Å²) in [6, 6.07) is 13.1. The lowest BCUT2D eigenvalue weighted by Gasteiger charge is -2.19. The molecule has 0 N–H and O–H groups in total. The first kappa shape index (κ1) is 19.7. The topological polar surface area (TPSA) is 65.7 Å². The number of hydrogen-bond donors (Lipinski definition) is 0. The maximum atomic E-state index is 13.0. The fourth-order valence-corrected chi connectivity index (χ4v) is 2.92. The highest BCUT2D eigenvalue weighted by Gasteiger charge is 2.20. The van der Waals surface area contributed by atoms with Crippen molar-refractivity contribution in [2.45, 2.75) is 33.1 Å². The fraction of sp³-hybridized carbons (Fsp3) is 0.304. The van der Waals surface area contributed by atoms with Crippen LogP contribution in [0.2, 0.25) is 0 Å². The zero-order valence-corrected chi connectivity index (χ0v) is 16.8. The van der Waals surface area contributed by atoms with Crippen molar-refractivity contribution in [2.24, 2.45) is 0 Å². The van der Waals surface area contributed by atoms with Gasteiger partial charge in [0.15, 0.2) is 12.4 Å². The number of carbonyl (C=O) groups excluding carboxylic acids is 1. The average Bonchev–Trinajstić information content (AvgIpc) is 2.66. The smallest absolute Gasteiger partial charge is 0.343 e. The summed E-state index contributed by atoms with van der Waals surface area (Å²) < 4.78 is 16.2. The highest BCUT2D eigenvalue weighted by Crippen LogP contribution is 2.33. The van der Waals surface area contributed by atoms with Crippen LogP contribution in [0.4, 0.5) is 0 Å². The average molecular weight is 380 g/mol. The second-order valence-electron chi connectivity index (χ2n) is 7.78. The van der Waals surface area contributed by atoms with Crippen LogP contribution in [0.1, 0.15) is 31.9 Å². The molecule has 5 heteroatoms. The third-order valence-electron chi connectivity index (χ3n) is 4.58. The largest absolute Gasteiger partial charge is 0.474 e. The van der Waals surface area contributed by atoms with Gasteiger partial charge in [-0.15, -0.1) is 0 Å². The van der Waals surface area contributed by atoms with Crippen LogP contribution in [-0.4, -0.2) is 19.7 Å². The number of benzene rings is 2. The van der Waals surface area contributed by atoms with Gasteiger partial charge in [-0.2, -0.15) is 0 Å². The predicted octanol–water partition coefficient (Wildman–Crippen LogP) is 4.62. The second-order valence-corrected chi connectivity index (χ2v) is 7.78. The number of ether oxygens (including phenoxy) is 2. The van der Waals surface area contributed by atoms with E-state index in [0.29, 0.717) is 22.3 Å². The first-order chi connectivity index (χ1) is 13.2. The minimum atomic E-state index is -0.572. The quantitative estimate of drug-likeness (QED) is 0.618. The van der Waals surface area contributed by atoms with Crippen molar-refractivity contribution in [1.82, 2.24) is 0 Å². The number of carbonyl (C=O) groups is 1. The van der Waals surface area contributed by atoms with Crippen LogP contribution in [0.25, 0.3) is 22.3 Å². The van der Waals surface area contributed by atoms with Gasteiger partial charge >= 0.3 is 5.97 Å². The number of fused-ring (bicyclic) bond motifs is 1. The van der Waals surface area contributed by atoms with Crippen molar-refractivity contribution in [2.75, 3.05) is 13.7 Å². The van der Waals surface area contributed by atoms with E-state index in [0.717, 1.165) is 11.1 Å². The number of methoxy groups -OCH3 is 1. The zero-order chi connectivity index (χ0) is 20.5. The first-order valence-corrected chi connectivity index (χ1v) is 9.08. The van der Waals surface area contributed by atoms with Gasteiger partial charge in [0.2, 0.25) is 11.2 Å². The molecule has 0 radical (unpaired) electrons. The minimum absolute atomic E-state index is 0.00405. The first-order valence-electron chi connectivity index (χ1n) is 9.08. The Balaban J connectivity index is 2.18. The Morgan fingerprint density at radius 2 is 1.75 bits per heavy atom. The molecule has 3 aromatic rings. The number of aryl methyl sites for hydroxylation is 1. The van der Waals surface area contributed by atoms with Crippen LogP contribution in [-0.2, 0) is 14.9 Å². The number of hydrogen-bond acceptors (Lipinski definition) is 5. The van der Waals surface area contributed by atoms with Crippen molar-refractivity contribution in [1.29, 1.82) is 0 Å². The number of esters is 1. The third-order valence-corrected chi connectivity index (χ3v) is 4.58. The van der Waals surface area contributed by atoms with Crippen molar-refractivity contribution in [3.63, 3.8) is 0 Å². The van der Waals surface area contributed by atoms with E-state index in [-0.39, 0.29) is 23.2 Å². The van der Waals surface area contributed by atoms with Gasteiger partial charge < -0.3 is 13.9 Å². The normalized spacial score (nSPS) is 11.5. The van der Waals surface area contributed by atoms with Gasteiger partial charge in [0.25, 0.3) is 0 Å². The molecule has 0 saturated carbocycles. The Kier molecular flexibility index (Phi) is 5.27. The van der Waals surface area contributed by atoms with Crippen molar-refractivity contribution in [3.8, 4) is 17.1 Å². The Hall–Kier alpha value is -3.08. The van der Waals surface area contributed by atoms with Crippen LogP contribution in [0, 0.1) is 6.92 Å². The molecule has 5 nitrogen and oxygen atoms in total. The highest BCUT2D eigenvalue weighted by atomic mass is 16.6. The lowest BCUT2D eigenvalue weighted by atomic mass is 9.86. The highest BCUT2D eigenvalue weighted by molar-refractivity contribution is 5.83. The molecule has 0 amide bonds. The Morgan fingerprint density at radius 3 is 2.36 bits per heavy atom. The molecule has 1 aromatic heterocycles. The molecule has 0 spiro atoms. The van der Waals surface area contributed by atoms with E-state index >= 15 is 0 Å². The minimum Gasteiger partial charge on any atom is -0.474 e. The van der Waals surface area contributed by atoms with Crippen LogP contribution in [0.15, 0.2) is 51.7 Å². The summed E-state index contributed by atoms with van der Waals surface area (Å²) in [6.45, 7) is 7.95. The van der Waals surface area contributed by atoms with Gasteiger partial charge in [-0.1, -0.05) is 51.1 Å². The van der Waals surface area contributed by atoms with E-state index in [1.807, 2.05) is 43.3 Å². The molecule has 3 rings (SSSR count). The molecule has 0 aliphatic heterocycles. The molecule has 0 bridgehead atoms. The summed E-state index contributed by atoms with van der Waals surface area (Å²) in [5, 5.41) is 0.403. The van der Waals surface area contributed by atoms with E-state index < -0.39 is 5.97 Å². The summed E-state index contributed by atoms with van der Waals surface area (Å²) >= 11 is 0. The molecule has 1 heterocycles. The SMILES string of the molecule is COC(=O)COc1c(-c2ccc(C(C)(C)C)cc2)oc2cc(C)ccc2c1=O. The monoisotopic (exact) mass is 380 g/mol. The van der Waals surface area contributed by atoms with Crippen LogP contribution < -0.4 is 10.2 Å². The van der Waals surface area contributed by atoms with Gasteiger partial charge in [-0.25, -0.2) is 4.79 Å². The van der Waals surface area contributed by atoms with Gasteiger partial charge in [-0.3, -0.25) is 4.79 Å². The predicted molar refractivity (Wildman–Crippen MR) is 109 cm³/mol. The van der Waals surface area contributed by atoms with E-state index in [9.17, 15) is 9.59 Å². The fourth-order valence-electron chi connectivity index (χ4n) is 2.92. The summed E-state index contributed by atoms with van der Waals surface area (Å²) in [4.78, 5) is 24.6. The van der Waals surface area contributed by atoms with Gasteiger partial charge in [0.1, 0.15) is 5.58 Å². The molecule has 0 atom stereocenters. The van der Waals surface area contributed by atoms with Gasteiger partial charge in [-0.05, 0) is 35.6 Å². The molecular formula is C23H24O5. The van der Waals surface area contributed by atoms with E-state index in [2.05, 4.69) is 25.5 Å². The van der Waals surface area contributed by atoms with Crippen LogP contribution >= 0.6 is 0 Å². The van der Waals surface area contributed by atoms with E-state index in [1.165, 1.54) is 7.11 Å². The summed E-state index contributed by atoms with van der Waals surface area (Å²) in [7, 11) is 1.27. The molecule has 0 saturated heterocycles. The Bertz CT molecular complexity index is 1070. The summed E-state index contributed by atoms with van der Waals surface area (Å²) in [5.74, 6) is -0.268. The van der Waals surface area contributed by atoms with E-state index in [1.54, 1.807) is 6.07 Å². The maximum Gasteiger partial charge on any atom is 0.343 e. The Labute approximate surface area is 163 Å². The number of rotatable bonds is 4. The molecule has 28 heavy (non-hydrogen) atoms. The summed E-state index contributed by atoms with van der Waals surface area (Å²) in [5.41, 5.74) is 3.00. The van der Waals surface area contributed by atoms with Crippen LogP contribution in [0.3, 0.4) is 0 Å².